The summed E-state index contributed by atoms with van der Waals surface area (Å²) in [6.07, 6.45) is -3.02. The number of aliphatic carboxylic acids is 2. The van der Waals surface area contributed by atoms with Gasteiger partial charge in [0.1, 0.15) is 11.5 Å². The molecule has 0 fully saturated rings. The van der Waals surface area contributed by atoms with Gasteiger partial charge in [-0.2, -0.15) is 0 Å². The van der Waals surface area contributed by atoms with Crippen LogP contribution in [0.15, 0.2) is 48.5 Å². The molecule has 0 aliphatic heterocycles. The Balaban J connectivity index is 0.000000350. The Labute approximate surface area is 196 Å². The molecular formula is C23H30N2O9. The summed E-state index contributed by atoms with van der Waals surface area (Å²) in [5.74, 6) is -2.52. The van der Waals surface area contributed by atoms with Gasteiger partial charge in [-0.25, -0.2) is 9.59 Å². The van der Waals surface area contributed by atoms with Gasteiger partial charge in [-0.05, 0) is 36.1 Å². The first-order valence-electron chi connectivity index (χ1n) is 10.2. The van der Waals surface area contributed by atoms with Crippen LogP contribution in [-0.4, -0.2) is 74.8 Å². The molecule has 34 heavy (non-hydrogen) atoms. The summed E-state index contributed by atoms with van der Waals surface area (Å²) in [6, 6.07) is 11.7. The quantitative estimate of drug-likeness (QED) is 0.242. The predicted octanol–water partition coefficient (Wildman–Crippen LogP) is -0.105. The largest absolute Gasteiger partial charge is 0.508 e. The van der Waals surface area contributed by atoms with Crippen molar-refractivity contribution >= 4 is 17.8 Å². The number of hydrogen-bond donors (Lipinski definition) is 7. The van der Waals surface area contributed by atoms with Gasteiger partial charge in [-0.1, -0.05) is 36.4 Å². The number of methoxy groups -OCH3 is 1. The smallest absolute Gasteiger partial charge is 0.334 e. The Kier molecular flexibility index (Phi) is 11.5. The highest BCUT2D eigenvalue weighted by atomic mass is 16.5. The molecule has 1 amide bonds. The molecule has 8 N–H and O–H groups in total. The number of nitrogens with two attached hydrogens (primary N) is 1. The summed E-state index contributed by atoms with van der Waals surface area (Å²) in [5, 5.41) is 47.9. The predicted molar refractivity (Wildman–Crippen MR) is 121 cm³/mol. The SMILES string of the molecule is COc1ccccc1CC(NC(C)=O)C(O)C(=O)O.NC(Cc1ccccc1O)C(O)C(=O)O. The lowest BCUT2D eigenvalue weighted by Crippen LogP contribution is -2.47. The maximum absolute atomic E-state index is 11.1. The summed E-state index contributed by atoms with van der Waals surface area (Å²) < 4.78 is 5.15. The summed E-state index contributed by atoms with van der Waals surface area (Å²) >= 11 is 0. The van der Waals surface area contributed by atoms with Crippen molar-refractivity contribution in [3.8, 4) is 11.5 Å². The fraction of sp³-hybridized carbons (Fsp3) is 0.348. The average Bonchev–Trinajstić information content (AvgIpc) is 2.79. The second kappa shape index (κ2) is 13.8. The number of hydrogen-bond acceptors (Lipinski definition) is 8. The van der Waals surface area contributed by atoms with Crippen LogP contribution in [-0.2, 0) is 27.2 Å². The highest BCUT2D eigenvalue weighted by Crippen LogP contribution is 2.20. The van der Waals surface area contributed by atoms with Gasteiger partial charge >= 0.3 is 11.9 Å². The fourth-order valence-electron chi connectivity index (χ4n) is 3.02. The average molecular weight is 478 g/mol. The molecule has 2 rings (SSSR count). The normalized spacial score (nSPS) is 13.9. The van der Waals surface area contributed by atoms with E-state index >= 15 is 0 Å². The molecule has 2 aromatic carbocycles. The van der Waals surface area contributed by atoms with Crippen LogP contribution in [0.2, 0.25) is 0 Å². The summed E-state index contributed by atoms with van der Waals surface area (Å²) in [4.78, 5) is 32.3. The number of carbonyl (C=O) groups excluding carboxylic acids is 1. The van der Waals surface area contributed by atoms with Crippen LogP contribution < -0.4 is 15.8 Å². The molecule has 2 aromatic rings. The van der Waals surface area contributed by atoms with Crippen LogP contribution in [0.5, 0.6) is 11.5 Å². The van der Waals surface area contributed by atoms with Crippen molar-refractivity contribution in [1.82, 2.24) is 5.32 Å². The number of nitrogens with one attached hydrogen (secondary N) is 1. The standard InChI is InChI=1S/C13H17NO5.C10H13NO4/c1-8(15)14-10(12(16)13(17)18)7-9-5-3-4-6-11(9)19-2;11-7(9(13)10(14)15)5-6-3-1-2-4-8(6)12/h3-6,10,12,16H,7H2,1-2H3,(H,14,15)(H,17,18);1-4,7,9,12-13H,5,11H2,(H,14,15). The number of ether oxygens (including phenoxy) is 1. The molecule has 0 aliphatic carbocycles. The van der Waals surface area contributed by atoms with Gasteiger partial charge in [0.25, 0.3) is 0 Å². The molecule has 0 heterocycles. The number of aromatic hydroxyl groups is 1. The fourth-order valence-corrected chi connectivity index (χ4v) is 3.02. The number of carboxylic acid groups (broad SMARTS) is 2. The number of amides is 1. The van der Waals surface area contributed by atoms with E-state index in [2.05, 4.69) is 5.32 Å². The van der Waals surface area contributed by atoms with Gasteiger partial charge in [0.15, 0.2) is 12.2 Å². The minimum absolute atomic E-state index is 0.0468. The zero-order valence-electron chi connectivity index (χ0n) is 18.8. The Hall–Kier alpha value is -3.67. The minimum Gasteiger partial charge on any atom is -0.508 e. The van der Waals surface area contributed by atoms with Crippen molar-refractivity contribution in [2.75, 3.05) is 7.11 Å². The molecule has 4 unspecified atom stereocenters. The molecule has 0 aliphatic rings. The molecule has 0 saturated carbocycles. The van der Waals surface area contributed by atoms with Crippen molar-refractivity contribution < 1.29 is 44.7 Å². The first-order valence-corrected chi connectivity index (χ1v) is 10.2. The Morgan fingerprint density at radius 1 is 0.912 bits per heavy atom. The number of phenolic OH excluding ortho intramolecular Hbond substituents is 1. The van der Waals surface area contributed by atoms with Gasteiger partial charge in [0.05, 0.1) is 13.2 Å². The van der Waals surface area contributed by atoms with Crippen molar-refractivity contribution in [3.05, 3.63) is 59.7 Å². The number of phenols is 1. The second-order valence-corrected chi connectivity index (χ2v) is 7.39. The van der Waals surface area contributed by atoms with E-state index in [0.29, 0.717) is 16.9 Å². The van der Waals surface area contributed by atoms with Crippen molar-refractivity contribution in [2.45, 2.75) is 44.1 Å². The lowest BCUT2D eigenvalue weighted by Gasteiger charge is -2.21. The first kappa shape index (κ1) is 28.4. The third-order valence-corrected chi connectivity index (χ3v) is 4.76. The van der Waals surface area contributed by atoms with E-state index in [9.17, 15) is 24.6 Å². The van der Waals surface area contributed by atoms with Crippen molar-refractivity contribution in [2.24, 2.45) is 5.73 Å². The number of aliphatic hydroxyl groups is 2. The summed E-state index contributed by atoms with van der Waals surface area (Å²) in [6.45, 7) is 1.27. The monoisotopic (exact) mass is 478 g/mol. The van der Waals surface area contributed by atoms with E-state index in [4.69, 9.17) is 25.8 Å². The zero-order valence-corrected chi connectivity index (χ0v) is 18.8. The molecular weight excluding hydrogens is 448 g/mol. The molecule has 0 saturated heterocycles. The topological polar surface area (TPSA) is 200 Å². The highest BCUT2D eigenvalue weighted by Gasteiger charge is 2.27. The molecule has 0 bridgehead atoms. The highest BCUT2D eigenvalue weighted by molar-refractivity contribution is 5.77. The Morgan fingerprint density at radius 3 is 1.94 bits per heavy atom. The van der Waals surface area contributed by atoms with Crippen LogP contribution in [0.3, 0.4) is 0 Å². The molecule has 0 spiro atoms. The number of benzene rings is 2. The van der Waals surface area contributed by atoms with Gasteiger partial charge in [0, 0.05) is 13.0 Å². The Bertz CT molecular complexity index is 967. The lowest BCUT2D eigenvalue weighted by atomic mass is 10.0. The van der Waals surface area contributed by atoms with E-state index in [0.717, 1.165) is 0 Å². The number of carbonyl (C=O) groups is 3. The molecule has 11 heteroatoms. The maximum Gasteiger partial charge on any atom is 0.334 e. The van der Waals surface area contributed by atoms with E-state index < -0.39 is 42.1 Å². The van der Waals surface area contributed by atoms with Crippen LogP contribution in [0, 0.1) is 0 Å². The van der Waals surface area contributed by atoms with Crippen molar-refractivity contribution in [1.29, 1.82) is 0 Å². The van der Waals surface area contributed by atoms with E-state index in [-0.39, 0.29) is 18.6 Å². The number of para-hydroxylation sites is 2. The summed E-state index contributed by atoms with van der Waals surface area (Å²) in [7, 11) is 1.50. The minimum atomic E-state index is -1.67. The second-order valence-electron chi connectivity index (χ2n) is 7.39. The van der Waals surface area contributed by atoms with Crippen LogP contribution >= 0.6 is 0 Å². The van der Waals surface area contributed by atoms with Gasteiger partial charge < -0.3 is 41.3 Å². The third kappa shape index (κ3) is 9.06. The molecule has 4 atom stereocenters. The zero-order chi connectivity index (χ0) is 25.8. The van der Waals surface area contributed by atoms with Crippen LogP contribution in [0.25, 0.3) is 0 Å². The van der Waals surface area contributed by atoms with E-state index in [1.165, 1.54) is 20.1 Å². The van der Waals surface area contributed by atoms with E-state index in [1.54, 1.807) is 42.5 Å². The van der Waals surface area contributed by atoms with Crippen LogP contribution in [0.1, 0.15) is 18.1 Å². The molecule has 0 aromatic heterocycles. The van der Waals surface area contributed by atoms with Crippen LogP contribution in [0.4, 0.5) is 0 Å². The maximum atomic E-state index is 11.1. The lowest BCUT2D eigenvalue weighted by molar-refractivity contribution is -0.149. The summed E-state index contributed by atoms with van der Waals surface area (Å²) in [5.41, 5.74) is 6.71. The number of carboxylic acids is 2. The molecule has 186 valence electrons. The number of rotatable bonds is 10. The first-order chi connectivity index (χ1) is 16.0. The molecule has 0 radical (unpaired) electrons. The number of aliphatic hydroxyl groups excluding tert-OH is 2. The molecule has 11 nitrogen and oxygen atoms in total. The third-order valence-electron chi connectivity index (χ3n) is 4.76. The van der Waals surface area contributed by atoms with E-state index in [1.807, 2.05) is 0 Å². The van der Waals surface area contributed by atoms with Crippen molar-refractivity contribution in [3.63, 3.8) is 0 Å². The van der Waals surface area contributed by atoms with Gasteiger partial charge in [0.2, 0.25) is 5.91 Å². The Morgan fingerprint density at radius 2 is 1.44 bits per heavy atom. The van der Waals surface area contributed by atoms with Gasteiger partial charge in [-0.3, -0.25) is 4.79 Å². The van der Waals surface area contributed by atoms with Gasteiger partial charge in [-0.15, -0.1) is 0 Å².